The maximum absolute atomic E-state index is 7.38. The molecule has 0 aliphatic carbocycles. The summed E-state index contributed by atoms with van der Waals surface area (Å²) in [7, 11) is 1.75. The van der Waals surface area contributed by atoms with E-state index in [0.29, 0.717) is 5.92 Å². The van der Waals surface area contributed by atoms with Crippen LogP contribution < -0.4 is 5.73 Å². The molecule has 1 aliphatic rings. The average Bonchev–Trinajstić information content (AvgIpc) is 2.18. The fraction of sp³-hybridized carbons (Fsp3) is 0.900. The molecule has 0 radical (unpaired) electrons. The zero-order valence-corrected chi connectivity index (χ0v) is 9.12. The van der Waals surface area contributed by atoms with Crippen molar-refractivity contribution in [2.24, 2.45) is 11.7 Å². The van der Waals surface area contributed by atoms with Crippen molar-refractivity contribution in [3.05, 3.63) is 0 Å². The van der Waals surface area contributed by atoms with E-state index in [2.05, 4.69) is 4.90 Å². The summed E-state index contributed by atoms with van der Waals surface area (Å²) in [6.07, 6.45) is 2.32. The summed E-state index contributed by atoms with van der Waals surface area (Å²) in [6.45, 7) is 4.94. The Hall–Kier alpha value is -0.610. The lowest BCUT2D eigenvalue weighted by molar-refractivity contribution is 0.0943. The van der Waals surface area contributed by atoms with E-state index in [0.717, 1.165) is 32.5 Å². The summed E-state index contributed by atoms with van der Waals surface area (Å²) in [6, 6.07) is 0.0958. The molecule has 0 aromatic carbocycles. The van der Waals surface area contributed by atoms with Crippen LogP contribution in [0.4, 0.5) is 0 Å². The highest BCUT2D eigenvalue weighted by molar-refractivity contribution is 5.82. The molecule has 0 bridgehead atoms. The predicted octanol–water partition coefficient (Wildman–Crippen LogP) is 0.669. The van der Waals surface area contributed by atoms with Gasteiger partial charge in [-0.15, -0.1) is 0 Å². The van der Waals surface area contributed by atoms with Gasteiger partial charge in [0, 0.05) is 13.7 Å². The number of hydrogen-bond donors (Lipinski definition) is 2. The van der Waals surface area contributed by atoms with Crippen LogP contribution in [0.5, 0.6) is 0 Å². The molecule has 1 fully saturated rings. The zero-order valence-electron chi connectivity index (χ0n) is 9.12. The number of nitrogens with one attached hydrogen (secondary N) is 1. The van der Waals surface area contributed by atoms with E-state index in [-0.39, 0.29) is 11.9 Å². The third kappa shape index (κ3) is 2.96. The standard InChI is InChI=1S/C10H21N3O/c1-8(10(11)12)13-5-3-9(4-6-13)7-14-2/h8-9H,3-7H2,1-2H3,(H3,11,12). The molecule has 14 heavy (non-hydrogen) atoms. The van der Waals surface area contributed by atoms with Crippen LogP contribution in [0.2, 0.25) is 0 Å². The summed E-state index contributed by atoms with van der Waals surface area (Å²) in [5.74, 6) is 0.964. The van der Waals surface area contributed by atoms with Gasteiger partial charge in [0.15, 0.2) is 0 Å². The van der Waals surface area contributed by atoms with Crippen LogP contribution in [0.15, 0.2) is 0 Å². The summed E-state index contributed by atoms with van der Waals surface area (Å²) in [5.41, 5.74) is 5.48. The van der Waals surface area contributed by atoms with Crippen LogP contribution in [-0.2, 0) is 4.74 Å². The number of nitrogens with two attached hydrogens (primary N) is 1. The van der Waals surface area contributed by atoms with Gasteiger partial charge in [0.05, 0.1) is 6.04 Å². The number of amidine groups is 1. The van der Waals surface area contributed by atoms with Crippen molar-refractivity contribution in [1.29, 1.82) is 5.41 Å². The Balaban J connectivity index is 2.31. The van der Waals surface area contributed by atoms with E-state index in [1.165, 1.54) is 0 Å². The molecular weight excluding hydrogens is 178 g/mol. The van der Waals surface area contributed by atoms with Crippen molar-refractivity contribution in [3.8, 4) is 0 Å². The van der Waals surface area contributed by atoms with Gasteiger partial charge in [-0.25, -0.2) is 0 Å². The second-order valence-electron chi connectivity index (χ2n) is 4.07. The zero-order chi connectivity index (χ0) is 10.6. The summed E-state index contributed by atoms with van der Waals surface area (Å²) < 4.78 is 5.14. The Morgan fingerprint density at radius 1 is 1.57 bits per heavy atom. The fourth-order valence-corrected chi connectivity index (χ4v) is 1.94. The van der Waals surface area contributed by atoms with Crippen molar-refractivity contribution in [3.63, 3.8) is 0 Å². The number of hydrogen-bond acceptors (Lipinski definition) is 3. The Morgan fingerprint density at radius 3 is 2.57 bits per heavy atom. The molecule has 1 heterocycles. The van der Waals surface area contributed by atoms with E-state index < -0.39 is 0 Å². The second kappa shape index (κ2) is 5.32. The quantitative estimate of drug-likeness (QED) is 0.516. The minimum absolute atomic E-state index is 0.0958. The summed E-state index contributed by atoms with van der Waals surface area (Å²) >= 11 is 0. The molecule has 4 heteroatoms. The lowest BCUT2D eigenvalue weighted by Crippen LogP contribution is -2.46. The molecule has 1 aliphatic heterocycles. The first-order chi connectivity index (χ1) is 6.65. The van der Waals surface area contributed by atoms with E-state index in [1.54, 1.807) is 7.11 Å². The Labute approximate surface area is 85.9 Å². The molecule has 82 valence electrons. The number of likely N-dealkylation sites (tertiary alicyclic amines) is 1. The van der Waals surface area contributed by atoms with Gasteiger partial charge >= 0.3 is 0 Å². The van der Waals surface area contributed by atoms with E-state index >= 15 is 0 Å². The average molecular weight is 199 g/mol. The molecule has 1 saturated heterocycles. The van der Waals surface area contributed by atoms with Crippen LogP contribution >= 0.6 is 0 Å². The minimum Gasteiger partial charge on any atom is -0.386 e. The molecule has 0 spiro atoms. The highest BCUT2D eigenvalue weighted by atomic mass is 16.5. The van der Waals surface area contributed by atoms with Crippen molar-refractivity contribution in [1.82, 2.24) is 4.90 Å². The number of piperidine rings is 1. The van der Waals surface area contributed by atoms with Gasteiger partial charge in [0.1, 0.15) is 5.84 Å². The number of rotatable bonds is 4. The number of ether oxygens (including phenoxy) is 1. The van der Waals surface area contributed by atoms with Gasteiger partial charge in [-0.3, -0.25) is 10.3 Å². The van der Waals surface area contributed by atoms with Gasteiger partial charge in [0.2, 0.25) is 0 Å². The van der Waals surface area contributed by atoms with Crippen LogP contribution in [0, 0.1) is 11.3 Å². The molecule has 1 atom stereocenters. The van der Waals surface area contributed by atoms with Crippen LogP contribution in [0.25, 0.3) is 0 Å². The Kier molecular flexibility index (Phi) is 4.35. The maximum Gasteiger partial charge on any atom is 0.108 e. The highest BCUT2D eigenvalue weighted by Gasteiger charge is 2.23. The second-order valence-corrected chi connectivity index (χ2v) is 4.07. The van der Waals surface area contributed by atoms with Crippen molar-refractivity contribution >= 4 is 5.84 Å². The molecule has 0 saturated carbocycles. The van der Waals surface area contributed by atoms with Crippen LogP contribution in [0.3, 0.4) is 0 Å². The third-order valence-electron chi connectivity index (χ3n) is 3.05. The van der Waals surface area contributed by atoms with E-state index in [1.807, 2.05) is 6.92 Å². The largest absolute Gasteiger partial charge is 0.386 e. The third-order valence-corrected chi connectivity index (χ3v) is 3.05. The molecule has 4 nitrogen and oxygen atoms in total. The highest BCUT2D eigenvalue weighted by Crippen LogP contribution is 2.18. The maximum atomic E-state index is 7.38. The molecular formula is C10H21N3O. The SMILES string of the molecule is COCC1CCN(C(C)C(=N)N)CC1. The van der Waals surface area contributed by atoms with Crippen LogP contribution in [0.1, 0.15) is 19.8 Å². The first-order valence-electron chi connectivity index (χ1n) is 5.22. The van der Waals surface area contributed by atoms with Crippen molar-refractivity contribution in [2.45, 2.75) is 25.8 Å². The Morgan fingerprint density at radius 2 is 2.14 bits per heavy atom. The van der Waals surface area contributed by atoms with Gasteiger partial charge < -0.3 is 10.5 Å². The lowest BCUT2D eigenvalue weighted by atomic mass is 9.97. The van der Waals surface area contributed by atoms with E-state index in [9.17, 15) is 0 Å². The fourth-order valence-electron chi connectivity index (χ4n) is 1.94. The van der Waals surface area contributed by atoms with Gasteiger partial charge in [-0.05, 0) is 38.8 Å². The molecule has 0 amide bonds. The summed E-state index contributed by atoms with van der Waals surface area (Å²) in [4.78, 5) is 2.27. The molecule has 3 N–H and O–H groups in total. The van der Waals surface area contributed by atoms with Gasteiger partial charge in [-0.1, -0.05) is 0 Å². The van der Waals surface area contributed by atoms with E-state index in [4.69, 9.17) is 15.9 Å². The van der Waals surface area contributed by atoms with Crippen LogP contribution in [-0.4, -0.2) is 43.6 Å². The monoisotopic (exact) mass is 199 g/mol. The Bertz CT molecular complexity index is 188. The number of methoxy groups -OCH3 is 1. The molecule has 0 aromatic heterocycles. The normalized spacial score (nSPS) is 22.1. The topological polar surface area (TPSA) is 62.3 Å². The van der Waals surface area contributed by atoms with Gasteiger partial charge in [0.25, 0.3) is 0 Å². The van der Waals surface area contributed by atoms with Crippen molar-refractivity contribution in [2.75, 3.05) is 26.8 Å². The van der Waals surface area contributed by atoms with Gasteiger partial charge in [-0.2, -0.15) is 0 Å². The first-order valence-corrected chi connectivity index (χ1v) is 5.22. The smallest absolute Gasteiger partial charge is 0.108 e. The molecule has 1 unspecified atom stereocenters. The number of nitrogens with zero attached hydrogens (tertiary/aromatic N) is 1. The molecule has 0 aromatic rings. The predicted molar refractivity (Wildman–Crippen MR) is 57.5 cm³/mol. The lowest BCUT2D eigenvalue weighted by Gasteiger charge is -2.35. The minimum atomic E-state index is 0.0958. The molecule has 1 rings (SSSR count). The first kappa shape index (κ1) is 11.5. The summed E-state index contributed by atoms with van der Waals surface area (Å²) in [5, 5.41) is 7.38. The van der Waals surface area contributed by atoms with Crippen molar-refractivity contribution < 1.29 is 4.74 Å².